The fourth-order valence-electron chi connectivity index (χ4n) is 3.39. The third kappa shape index (κ3) is 3.98. The van der Waals surface area contributed by atoms with Crippen molar-refractivity contribution in [2.75, 3.05) is 13.1 Å². The first-order valence-corrected chi connectivity index (χ1v) is 9.14. The van der Waals surface area contributed by atoms with Gasteiger partial charge in [0.1, 0.15) is 5.82 Å². The quantitative estimate of drug-likeness (QED) is 0.491. The number of benzene rings is 2. The minimum Gasteiger partial charge on any atom is -0.339 e. The number of halogens is 1. The first kappa shape index (κ1) is 18.7. The van der Waals surface area contributed by atoms with E-state index in [1.54, 1.807) is 17.0 Å². The van der Waals surface area contributed by atoms with E-state index in [-0.39, 0.29) is 23.3 Å². The summed E-state index contributed by atoms with van der Waals surface area (Å²) in [6.07, 6.45) is 1.59. The van der Waals surface area contributed by atoms with E-state index in [0.29, 0.717) is 35.9 Å². The summed E-state index contributed by atoms with van der Waals surface area (Å²) < 4.78 is 18.5. The third-order valence-corrected chi connectivity index (χ3v) is 4.93. The Kier molecular flexibility index (Phi) is 5.03. The number of hydrogen-bond donors (Lipinski definition) is 0. The number of nitro benzene ring substituents is 1. The van der Waals surface area contributed by atoms with Crippen LogP contribution in [0.5, 0.6) is 0 Å². The number of likely N-dealkylation sites (tertiary alicyclic amines) is 1. The van der Waals surface area contributed by atoms with Crippen molar-refractivity contribution in [3.63, 3.8) is 0 Å². The van der Waals surface area contributed by atoms with Crippen LogP contribution in [0.15, 0.2) is 53.1 Å². The molecule has 1 aliphatic heterocycles. The number of nitro groups is 1. The van der Waals surface area contributed by atoms with Crippen LogP contribution in [0.25, 0.3) is 11.4 Å². The predicted molar refractivity (Wildman–Crippen MR) is 101 cm³/mol. The van der Waals surface area contributed by atoms with Gasteiger partial charge in [0.25, 0.3) is 11.6 Å². The highest BCUT2D eigenvalue weighted by atomic mass is 19.1. The van der Waals surface area contributed by atoms with Crippen LogP contribution in [0.1, 0.15) is 35.0 Å². The molecule has 0 unspecified atom stereocenters. The second-order valence-corrected chi connectivity index (χ2v) is 6.86. The van der Waals surface area contributed by atoms with Gasteiger partial charge in [-0.25, -0.2) is 4.39 Å². The van der Waals surface area contributed by atoms with E-state index in [1.807, 2.05) is 0 Å². The van der Waals surface area contributed by atoms with Gasteiger partial charge >= 0.3 is 0 Å². The molecule has 2 aromatic carbocycles. The lowest BCUT2D eigenvalue weighted by Crippen LogP contribution is -2.39. The van der Waals surface area contributed by atoms with Crippen LogP contribution in [0, 0.1) is 15.9 Å². The molecule has 3 aromatic rings. The number of non-ortho nitro benzene ring substituents is 1. The molecule has 0 radical (unpaired) electrons. The Balaban J connectivity index is 1.48. The lowest BCUT2D eigenvalue weighted by atomic mass is 9.97. The van der Waals surface area contributed by atoms with Crippen molar-refractivity contribution < 1.29 is 18.6 Å². The minimum atomic E-state index is -0.472. The van der Waals surface area contributed by atoms with E-state index in [1.165, 1.54) is 36.4 Å². The van der Waals surface area contributed by atoms with E-state index in [4.69, 9.17) is 4.52 Å². The summed E-state index contributed by atoms with van der Waals surface area (Å²) >= 11 is 0. The highest BCUT2D eigenvalue weighted by Gasteiger charge is 2.29. The number of carbonyl (C=O) groups is 1. The molecule has 1 saturated heterocycles. The van der Waals surface area contributed by atoms with Gasteiger partial charge in [0.05, 0.1) is 10.8 Å². The number of piperidine rings is 1. The van der Waals surface area contributed by atoms with Gasteiger partial charge in [0.2, 0.25) is 11.7 Å². The Morgan fingerprint density at radius 1 is 1.17 bits per heavy atom. The van der Waals surface area contributed by atoms with Crippen molar-refractivity contribution in [1.82, 2.24) is 15.0 Å². The highest BCUT2D eigenvalue weighted by molar-refractivity contribution is 5.94. The van der Waals surface area contributed by atoms with Crippen molar-refractivity contribution in [3.8, 4) is 11.4 Å². The molecule has 9 heteroatoms. The molecular formula is C20H17FN4O4. The van der Waals surface area contributed by atoms with E-state index in [2.05, 4.69) is 10.1 Å². The molecule has 1 amide bonds. The van der Waals surface area contributed by atoms with Crippen LogP contribution in [-0.2, 0) is 0 Å². The maximum Gasteiger partial charge on any atom is 0.269 e. The molecule has 1 fully saturated rings. The summed E-state index contributed by atoms with van der Waals surface area (Å²) in [7, 11) is 0. The largest absolute Gasteiger partial charge is 0.339 e. The van der Waals surface area contributed by atoms with Crippen molar-refractivity contribution in [2.45, 2.75) is 18.8 Å². The zero-order valence-electron chi connectivity index (χ0n) is 15.3. The average molecular weight is 396 g/mol. The molecule has 0 N–H and O–H groups in total. The van der Waals surface area contributed by atoms with Crippen molar-refractivity contribution in [2.24, 2.45) is 0 Å². The number of hydrogen-bond acceptors (Lipinski definition) is 6. The Labute approximate surface area is 165 Å². The first-order chi connectivity index (χ1) is 14.0. The Hall–Kier alpha value is -3.62. The number of rotatable bonds is 4. The van der Waals surface area contributed by atoms with E-state index < -0.39 is 4.92 Å². The lowest BCUT2D eigenvalue weighted by Gasteiger charge is -2.31. The van der Waals surface area contributed by atoms with Gasteiger partial charge in [-0.05, 0) is 49.2 Å². The molecule has 1 aliphatic rings. The van der Waals surface area contributed by atoms with Crippen LogP contribution in [0.2, 0.25) is 0 Å². The van der Waals surface area contributed by atoms with Crippen LogP contribution in [0.4, 0.5) is 10.1 Å². The summed E-state index contributed by atoms with van der Waals surface area (Å²) in [4.78, 5) is 29.1. The van der Waals surface area contributed by atoms with Crippen molar-refractivity contribution in [1.29, 1.82) is 0 Å². The molecular weight excluding hydrogens is 379 g/mol. The molecule has 1 aromatic heterocycles. The van der Waals surface area contributed by atoms with Crippen LogP contribution >= 0.6 is 0 Å². The fraction of sp³-hybridized carbons (Fsp3) is 0.250. The van der Waals surface area contributed by atoms with Gasteiger partial charge < -0.3 is 9.42 Å². The normalized spacial score (nSPS) is 16.6. The number of carbonyl (C=O) groups excluding carboxylic acids is 1. The smallest absolute Gasteiger partial charge is 0.269 e. The van der Waals surface area contributed by atoms with Gasteiger partial charge in [0.15, 0.2) is 0 Å². The standard InChI is InChI=1S/C20H17FN4O4/c21-16-7-3-14(4-8-16)20(26)24-11-1-2-15(12-24)19-22-18(23-29-19)13-5-9-17(10-6-13)25(27)28/h3-10,15H,1-2,11-12H2/t15-/m0/s1. The van der Waals surface area contributed by atoms with Gasteiger partial charge in [0, 0.05) is 36.3 Å². The Morgan fingerprint density at radius 2 is 1.90 bits per heavy atom. The predicted octanol–water partition coefficient (Wildman–Crippen LogP) is 3.80. The van der Waals surface area contributed by atoms with Crippen LogP contribution in [-0.4, -0.2) is 39.0 Å². The zero-order valence-corrected chi connectivity index (χ0v) is 15.3. The molecule has 0 saturated carbocycles. The topological polar surface area (TPSA) is 102 Å². The van der Waals surface area contributed by atoms with Crippen LogP contribution < -0.4 is 0 Å². The third-order valence-electron chi connectivity index (χ3n) is 4.93. The summed E-state index contributed by atoms with van der Waals surface area (Å²) in [5.74, 6) is 0.117. The molecule has 1 atom stereocenters. The molecule has 2 heterocycles. The van der Waals surface area contributed by atoms with Crippen molar-refractivity contribution in [3.05, 3.63) is 75.9 Å². The number of aromatic nitrogens is 2. The highest BCUT2D eigenvalue weighted by Crippen LogP contribution is 2.29. The SMILES string of the molecule is O=C(c1ccc(F)cc1)N1CCC[C@H](c2nc(-c3ccc([N+](=O)[O-])cc3)no2)C1. The fourth-order valence-corrected chi connectivity index (χ4v) is 3.39. The van der Waals surface area contributed by atoms with Gasteiger partial charge in [-0.15, -0.1) is 0 Å². The first-order valence-electron chi connectivity index (χ1n) is 9.14. The summed E-state index contributed by atoms with van der Waals surface area (Å²) in [5, 5.41) is 14.7. The second kappa shape index (κ2) is 7.78. The monoisotopic (exact) mass is 396 g/mol. The molecule has 148 valence electrons. The lowest BCUT2D eigenvalue weighted by molar-refractivity contribution is -0.384. The van der Waals surface area contributed by atoms with E-state index in [9.17, 15) is 19.3 Å². The van der Waals surface area contributed by atoms with Crippen LogP contribution in [0.3, 0.4) is 0 Å². The van der Waals surface area contributed by atoms with Gasteiger partial charge in [-0.3, -0.25) is 14.9 Å². The minimum absolute atomic E-state index is 0.0142. The second-order valence-electron chi connectivity index (χ2n) is 6.86. The molecule has 4 rings (SSSR count). The average Bonchev–Trinajstić information content (AvgIpc) is 3.24. The zero-order chi connectivity index (χ0) is 20.4. The summed E-state index contributed by atoms with van der Waals surface area (Å²) in [5.41, 5.74) is 1.03. The molecule has 0 bridgehead atoms. The molecule has 0 aliphatic carbocycles. The number of nitrogens with zero attached hydrogens (tertiary/aromatic N) is 4. The summed E-state index contributed by atoms with van der Waals surface area (Å²) in [6, 6.07) is 11.4. The molecule has 0 spiro atoms. The van der Waals surface area contributed by atoms with E-state index >= 15 is 0 Å². The summed E-state index contributed by atoms with van der Waals surface area (Å²) in [6.45, 7) is 1.04. The molecule has 29 heavy (non-hydrogen) atoms. The molecule has 8 nitrogen and oxygen atoms in total. The van der Waals surface area contributed by atoms with E-state index in [0.717, 1.165) is 12.8 Å². The van der Waals surface area contributed by atoms with Gasteiger partial charge in [-0.1, -0.05) is 5.16 Å². The van der Waals surface area contributed by atoms with Crippen molar-refractivity contribution >= 4 is 11.6 Å². The Bertz CT molecular complexity index is 1030. The maximum absolute atomic E-state index is 13.1. The Morgan fingerprint density at radius 3 is 2.59 bits per heavy atom. The number of amides is 1. The van der Waals surface area contributed by atoms with Gasteiger partial charge in [-0.2, -0.15) is 4.98 Å². The maximum atomic E-state index is 13.1.